The van der Waals surface area contributed by atoms with E-state index in [9.17, 15) is 9.59 Å². The standard InChI is InChI=1S/C17H18N2O4/c1-19-8-7-13-14(17(19)21)5-2-6-15(13)23-11-16(20)18-10-12-4-3-9-22-12/h2-6,9H,7-8,10-11H2,1H3,(H,18,20). The molecule has 1 aromatic heterocycles. The highest BCUT2D eigenvalue weighted by atomic mass is 16.5. The lowest BCUT2D eigenvalue weighted by molar-refractivity contribution is -0.123. The van der Waals surface area contributed by atoms with Crippen LogP contribution in [0.2, 0.25) is 0 Å². The fourth-order valence-corrected chi connectivity index (χ4v) is 2.54. The normalized spacial score (nSPS) is 13.6. The van der Waals surface area contributed by atoms with Gasteiger partial charge in [-0.3, -0.25) is 9.59 Å². The number of hydrogen-bond donors (Lipinski definition) is 1. The molecule has 0 spiro atoms. The van der Waals surface area contributed by atoms with Crippen LogP contribution in [0.4, 0.5) is 0 Å². The molecule has 120 valence electrons. The monoisotopic (exact) mass is 314 g/mol. The molecule has 0 radical (unpaired) electrons. The first-order chi connectivity index (χ1) is 11.1. The number of fused-ring (bicyclic) bond motifs is 1. The summed E-state index contributed by atoms with van der Waals surface area (Å²) in [5.74, 6) is 1.03. The molecular weight excluding hydrogens is 296 g/mol. The average Bonchev–Trinajstić information content (AvgIpc) is 3.08. The van der Waals surface area contributed by atoms with Crippen molar-refractivity contribution in [3.63, 3.8) is 0 Å². The largest absolute Gasteiger partial charge is 0.483 e. The minimum atomic E-state index is -0.238. The lowest BCUT2D eigenvalue weighted by Gasteiger charge is -2.26. The van der Waals surface area contributed by atoms with Gasteiger partial charge in [-0.2, -0.15) is 0 Å². The fraction of sp³-hybridized carbons (Fsp3) is 0.294. The molecule has 2 amide bonds. The number of nitrogens with zero attached hydrogens (tertiary/aromatic N) is 1. The number of nitrogens with one attached hydrogen (secondary N) is 1. The quantitative estimate of drug-likeness (QED) is 0.910. The molecule has 1 aliphatic heterocycles. The second-order valence-corrected chi connectivity index (χ2v) is 5.40. The minimum Gasteiger partial charge on any atom is -0.483 e. The van der Waals surface area contributed by atoms with Crippen LogP contribution < -0.4 is 10.1 Å². The summed E-state index contributed by atoms with van der Waals surface area (Å²) in [5, 5.41) is 2.72. The average molecular weight is 314 g/mol. The Morgan fingerprint density at radius 3 is 3.00 bits per heavy atom. The maximum Gasteiger partial charge on any atom is 0.258 e. The van der Waals surface area contributed by atoms with Crippen LogP contribution in [0.15, 0.2) is 41.0 Å². The second-order valence-electron chi connectivity index (χ2n) is 5.40. The van der Waals surface area contributed by atoms with Crippen molar-refractivity contribution in [2.45, 2.75) is 13.0 Å². The van der Waals surface area contributed by atoms with E-state index in [0.717, 1.165) is 12.0 Å². The van der Waals surface area contributed by atoms with E-state index in [-0.39, 0.29) is 18.4 Å². The van der Waals surface area contributed by atoms with Crippen LogP contribution in [-0.2, 0) is 17.8 Å². The van der Waals surface area contributed by atoms with Crippen LogP contribution in [0.3, 0.4) is 0 Å². The molecule has 6 nitrogen and oxygen atoms in total. The van der Waals surface area contributed by atoms with Gasteiger partial charge in [0, 0.05) is 24.7 Å². The van der Waals surface area contributed by atoms with Gasteiger partial charge in [-0.15, -0.1) is 0 Å². The van der Waals surface area contributed by atoms with Crippen molar-refractivity contribution in [2.75, 3.05) is 20.2 Å². The van der Waals surface area contributed by atoms with Gasteiger partial charge in [0.2, 0.25) is 0 Å². The molecule has 0 fully saturated rings. The molecule has 1 aromatic carbocycles. The van der Waals surface area contributed by atoms with Crippen molar-refractivity contribution < 1.29 is 18.7 Å². The lowest BCUT2D eigenvalue weighted by Crippen LogP contribution is -2.34. The second kappa shape index (κ2) is 6.56. The molecule has 0 aliphatic carbocycles. The third-order valence-corrected chi connectivity index (χ3v) is 3.81. The molecule has 1 aliphatic rings. The minimum absolute atomic E-state index is 0.0148. The van der Waals surface area contributed by atoms with Gasteiger partial charge in [0.05, 0.1) is 12.8 Å². The fourth-order valence-electron chi connectivity index (χ4n) is 2.54. The molecule has 0 saturated heterocycles. The van der Waals surface area contributed by atoms with E-state index in [1.807, 2.05) is 0 Å². The highest BCUT2D eigenvalue weighted by molar-refractivity contribution is 5.97. The maximum absolute atomic E-state index is 12.1. The van der Waals surface area contributed by atoms with Gasteiger partial charge in [0.1, 0.15) is 11.5 Å². The zero-order valence-electron chi connectivity index (χ0n) is 12.9. The highest BCUT2D eigenvalue weighted by Gasteiger charge is 2.24. The molecule has 3 rings (SSSR count). The van der Waals surface area contributed by atoms with Gasteiger partial charge in [-0.05, 0) is 30.7 Å². The number of benzene rings is 1. The van der Waals surface area contributed by atoms with Crippen molar-refractivity contribution in [3.05, 3.63) is 53.5 Å². The summed E-state index contributed by atoms with van der Waals surface area (Å²) in [4.78, 5) is 25.6. The third kappa shape index (κ3) is 3.36. The van der Waals surface area contributed by atoms with E-state index in [1.54, 1.807) is 48.5 Å². The van der Waals surface area contributed by atoms with E-state index in [0.29, 0.717) is 30.2 Å². The number of furan rings is 1. The Balaban J connectivity index is 1.60. The Kier molecular flexibility index (Phi) is 4.32. The third-order valence-electron chi connectivity index (χ3n) is 3.81. The zero-order valence-corrected chi connectivity index (χ0v) is 12.9. The number of rotatable bonds is 5. The molecule has 0 saturated carbocycles. The zero-order chi connectivity index (χ0) is 16.2. The van der Waals surface area contributed by atoms with Gasteiger partial charge in [0.15, 0.2) is 6.61 Å². The number of carbonyl (C=O) groups is 2. The highest BCUT2D eigenvalue weighted by Crippen LogP contribution is 2.27. The number of ether oxygens (including phenoxy) is 1. The SMILES string of the molecule is CN1CCc2c(OCC(=O)NCc3ccco3)cccc2C1=O. The molecule has 23 heavy (non-hydrogen) atoms. The van der Waals surface area contributed by atoms with Crippen molar-refractivity contribution >= 4 is 11.8 Å². The number of amides is 2. The molecule has 0 atom stereocenters. The van der Waals surface area contributed by atoms with E-state index in [2.05, 4.69) is 5.32 Å². The molecular formula is C17H18N2O4. The molecule has 2 aromatic rings. The van der Waals surface area contributed by atoms with Crippen LogP contribution >= 0.6 is 0 Å². The molecule has 0 bridgehead atoms. The predicted octanol–water partition coefficient (Wildman–Crippen LogP) is 1.60. The van der Waals surface area contributed by atoms with Crippen molar-refractivity contribution in [1.82, 2.24) is 10.2 Å². The summed E-state index contributed by atoms with van der Waals surface area (Å²) < 4.78 is 10.8. The molecule has 6 heteroatoms. The summed E-state index contributed by atoms with van der Waals surface area (Å²) in [6.07, 6.45) is 2.28. The first-order valence-corrected chi connectivity index (χ1v) is 7.44. The topological polar surface area (TPSA) is 71.8 Å². The number of hydrogen-bond acceptors (Lipinski definition) is 4. The number of carbonyl (C=O) groups excluding carboxylic acids is 2. The molecule has 2 heterocycles. The van der Waals surface area contributed by atoms with E-state index in [4.69, 9.17) is 9.15 Å². The van der Waals surface area contributed by atoms with Crippen molar-refractivity contribution in [1.29, 1.82) is 0 Å². The Morgan fingerprint density at radius 2 is 2.22 bits per heavy atom. The molecule has 0 unspecified atom stereocenters. The lowest BCUT2D eigenvalue weighted by atomic mass is 9.98. The Morgan fingerprint density at radius 1 is 1.35 bits per heavy atom. The predicted molar refractivity (Wildman–Crippen MR) is 83.2 cm³/mol. The Hall–Kier alpha value is -2.76. The first kappa shape index (κ1) is 15.1. The Labute approximate surface area is 134 Å². The number of likely N-dealkylation sites (N-methyl/N-ethyl adjacent to an activating group) is 1. The van der Waals surface area contributed by atoms with Crippen LogP contribution in [0.5, 0.6) is 5.75 Å². The van der Waals surface area contributed by atoms with Crippen LogP contribution in [-0.4, -0.2) is 36.9 Å². The van der Waals surface area contributed by atoms with Crippen molar-refractivity contribution in [2.24, 2.45) is 0 Å². The van der Waals surface area contributed by atoms with Gasteiger partial charge >= 0.3 is 0 Å². The molecule has 1 N–H and O–H groups in total. The van der Waals surface area contributed by atoms with Crippen molar-refractivity contribution in [3.8, 4) is 5.75 Å². The summed E-state index contributed by atoms with van der Waals surface area (Å²) in [6, 6.07) is 8.90. The smallest absolute Gasteiger partial charge is 0.258 e. The van der Waals surface area contributed by atoms with Crippen LogP contribution in [0.1, 0.15) is 21.7 Å². The van der Waals surface area contributed by atoms with Crippen LogP contribution in [0.25, 0.3) is 0 Å². The summed E-state index contributed by atoms with van der Waals surface area (Å²) in [6.45, 7) is 0.878. The maximum atomic E-state index is 12.1. The van der Waals surface area contributed by atoms with Gasteiger partial charge in [-0.1, -0.05) is 6.07 Å². The van der Waals surface area contributed by atoms with E-state index >= 15 is 0 Å². The summed E-state index contributed by atoms with van der Waals surface area (Å²) >= 11 is 0. The first-order valence-electron chi connectivity index (χ1n) is 7.44. The summed E-state index contributed by atoms with van der Waals surface area (Å²) in [5.41, 5.74) is 1.52. The van der Waals surface area contributed by atoms with Gasteiger partial charge in [-0.25, -0.2) is 0 Å². The van der Waals surface area contributed by atoms with Crippen LogP contribution in [0, 0.1) is 0 Å². The van der Waals surface area contributed by atoms with Gasteiger partial charge in [0.25, 0.3) is 11.8 Å². The Bertz CT molecular complexity index is 709. The summed E-state index contributed by atoms with van der Waals surface area (Å²) in [7, 11) is 1.78. The van der Waals surface area contributed by atoms with Gasteiger partial charge < -0.3 is 19.4 Å². The van der Waals surface area contributed by atoms with E-state index in [1.165, 1.54) is 0 Å². The van der Waals surface area contributed by atoms with E-state index < -0.39 is 0 Å².